The minimum Gasteiger partial charge on any atom is -0.443 e. The molecule has 2 amide bonds. The number of ether oxygens (including phenoxy) is 3. The van der Waals surface area contributed by atoms with Gasteiger partial charge in [-0.2, -0.15) is 5.48 Å². The van der Waals surface area contributed by atoms with Crippen LogP contribution in [-0.2, 0) is 43.3 Å². The summed E-state index contributed by atoms with van der Waals surface area (Å²) in [6.07, 6.45) is -0.576. The van der Waals surface area contributed by atoms with Crippen molar-refractivity contribution in [3.05, 3.63) is 87.9 Å². The van der Waals surface area contributed by atoms with Crippen LogP contribution >= 0.6 is 11.3 Å². The first kappa shape index (κ1) is 36.9. The predicted molar refractivity (Wildman–Crippen MR) is 187 cm³/mol. The predicted octanol–water partition coefficient (Wildman–Crippen LogP) is 4.89. The standard InChI is InChI=1S/C37H50N4O7S/c1-23(2)33(41-47-20-28-22-49-35(39-28)24(3)4)34(43)38-27(17-25-11-7-5-8-12-25)19-31(42)30(18-26-13-9-6-10-14-26)40-37(44)48-32-21-46-36-29(32)15-16-45-36/h5-14,22-24,27,29-33,36,41-42H,15-21H2,1-4H3,(H,38,43)(H,40,44)/t27-,29?,30-,31-,32?,33+,36?/m0/s1. The Morgan fingerprint density at radius 2 is 1.67 bits per heavy atom. The maximum atomic E-state index is 13.8. The van der Waals surface area contributed by atoms with E-state index in [1.807, 2.05) is 79.9 Å². The number of benzene rings is 2. The number of carbonyl (C=O) groups excluding carboxylic acids is 2. The van der Waals surface area contributed by atoms with Crippen molar-refractivity contribution in [1.29, 1.82) is 0 Å². The summed E-state index contributed by atoms with van der Waals surface area (Å²) >= 11 is 1.59. The number of nitrogens with one attached hydrogen (secondary N) is 3. The molecule has 3 heterocycles. The van der Waals surface area contributed by atoms with E-state index in [9.17, 15) is 14.7 Å². The zero-order chi connectivity index (χ0) is 34.8. The van der Waals surface area contributed by atoms with Gasteiger partial charge in [-0.3, -0.25) is 9.63 Å². The number of aliphatic hydroxyl groups is 1. The molecule has 0 radical (unpaired) electrons. The second-order valence-electron chi connectivity index (χ2n) is 13.6. The van der Waals surface area contributed by atoms with E-state index in [-0.39, 0.29) is 43.7 Å². The van der Waals surface area contributed by atoms with Crippen molar-refractivity contribution in [2.24, 2.45) is 11.8 Å². The first-order valence-corrected chi connectivity index (χ1v) is 18.1. The number of carbonyl (C=O) groups is 2. The van der Waals surface area contributed by atoms with Gasteiger partial charge in [0.1, 0.15) is 18.8 Å². The van der Waals surface area contributed by atoms with Crippen LogP contribution in [0.2, 0.25) is 0 Å². The Morgan fingerprint density at radius 1 is 0.980 bits per heavy atom. The Kier molecular flexibility index (Phi) is 13.6. The van der Waals surface area contributed by atoms with E-state index in [0.717, 1.165) is 28.2 Å². The second-order valence-corrected chi connectivity index (χ2v) is 14.5. The molecule has 4 N–H and O–H groups in total. The summed E-state index contributed by atoms with van der Waals surface area (Å²) in [5.41, 5.74) is 5.72. The third kappa shape index (κ3) is 10.8. The largest absolute Gasteiger partial charge is 0.443 e. The molecular formula is C37H50N4O7S. The molecule has 0 saturated carbocycles. The van der Waals surface area contributed by atoms with Gasteiger partial charge in [0.15, 0.2) is 6.29 Å². The van der Waals surface area contributed by atoms with Crippen LogP contribution in [0.15, 0.2) is 66.0 Å². The van der Waals surface area contributed by atoms with E-state index in [1.165, 1.54) is 0 Å². The number of hydroxylamine groups is 1. The van der Waals surface area contributed by atoms with Gasteiger partial charge in [-0.05, 0) is 42.7 Å². The van der Waals surface area contributed by atoms with Gasteiger partial charge < -0.3 is 30.0 Å². The van der Waals surface area contributed by atoms with E-state index in [1.54, 1.807) is 11.3 Å². The van der Waals surface area contributed by atoms with Crippen LogP contribution in [0, 0.1) is 11.8 Å². The van der Waals surface area contributed by atoms with Crippen molar-refractivity contribution in [2.75, 3.05) is 13.2 Å². The Morgan fingerprint density at radius 3 is 2.33 bits per heavy atom. The SMILES string of the molecule is CC(C)c1nc(CON[C@@H](C(=O)N[C@@H](Cc2ccccc2)C[C@H](O)[C@H](Cc2ccccc2)NC(=O)OC2COC3OCCC23)C(C)C)cs1. The van der Waals surface area contributed by atoms with Crippen molar-refractivity contribution >= 4 is 23.3 Å². The van der Waals surface area contributed by atoms with Crippen LogP contribution in [0.25, 0.3) is 0 Å². The maximum absolute atomic E-state index is 13.8. The van der Waals surface area contributed by atoms with Gasteiger partial charge in [0.25, 0.3) is 0 Å². The number of hydrogen-bond acceptors (Lipinski definition) is 10. The van der Waals surface area contributed by atoms with E-state index in [2.05, 4.69) is 34.9 Å². The molecule has 2 saturated heterocycles. The molecule has 7 atom stereocenters. The number of aromatic nitrogens is 1. The number of amides is 2. The highest BCUT2D eigenvalue weighted by atomic mass is 32.1. The van der Waals surface area contributed by atoms with Gasteiger partial charge in [0, 0.05) is 17.3 Å². The Bertz CT molecular complexity index is 1460. The van der Waals surface area contributed by atoms with E-state index < -0.39 is 36.4 Å². The summed E-state index contributed by atoms with van der Waals surface area (Å²) < 4.78 is 17.0. The van der Waals surface area contributed by atoms with Gasteiger partial charge in [-0.25, -0.2) is 9.78 Å². The highest BCUT2D eigenvalue weighted by Gasteiger charge is 2.44. The number of aliphatic hydroxyl groups excluding tert-OH is 1. The van der Waals surface area contributed by atoms with Crippen molar-refractivity contribution in [2.45, 2.75) is 103 Å². The Balaban J connectivity index is 1.26. The van der Waals surface area contributed by atoms with Gasteiger partial charge in [-0.1, -0.05) is 88.4 Å². The lowest BCUT2D eigenvalue weighted by Crippen LogP contribution is -2.53. The van der Waals surface area contributed by atoms with Gasteiger partial charge >= 0.3 is 6.09 Å². The minimum atomic E-state index is -1.01. The molecular weight excluding hydrogens is 644 g/mol. The molecule has 5 rings (SSSR count). The fourth-order valence-corrected chi connectivity index (χ4v) is 7.03. The lowest BCUT2D eigenvalue weighted by Gasteiger charge is -2.30. The smallest absolute Gasteiger partial charge is 0.407 e. The highest BCUT2D eigenvalue weighted by Crippen LogP contribution is 2.33. The van der Waals surface area contributed by atoms with Crippen molar-refractivity contribution in [3.63, 3.8) is 0 Å². The normalized spacial score (nSPS) is 21.2. The van der Waals surface area contributed by atoms with Gasteiger partial charge in [-0.15, -0.1) is 11.3 Å². The average Bonchev–Trinajstić information content (AvgIpc) is 3.83. The quantitative estimate of drug-likeness (QED) is 0.146. The van der Waals surface area contributed by atoms with Crippen molar-refractivity contribution in [3.8, 4) is 0 Å². The first-order valence-electron chi connectivity index (χ1n) is 17.2. The van der Waals surface area contributed by atoms with E-state index in [0.29, 0.717) is 25.4 Å². The first-order chi connectivity index (χ1) is 23.7. The topological polar surface area (TPSA) is 140 Å². The zero-order valence-corrected chi connectivity index (χ0v) is 29.6. The highest BCUT2D eigenvalue weighted by molar-refractivity contribution is 7.09. The molecule has 3 unspecified atom stereocenters. The third-order valence-electron chi connectivity index (χ3n) is 8.95. The molecule has 2 fully saturated rings. The molecule has 0 bridgehead atoms. The summed E-state index contributed by atoms with van der Waals surface area (Å²) in [6.45, 7) is 9.17. The molecule has 3 aromatic rings. The number of alkyl carbamates (subject to hydrolysis) is 1. The fraction of sp³-hybridized carbons (Fsp3) is 0.541. The average molecular weight is 695 g/mol. The van der Waals surface area contributed by atoms with Crippen LogP contribution in [0.3, 0.4) is 0 Å². The molecule has 49 heavy (non-hydrogen) atoms. The van der Waals surface area contributed by atoms with Crippen LogP contribution in [0.5, 0.6) is 0 Å². The second kappa shape index (κ2) is 18.0. The zero-order valence-electron chi connectivity index (χ0n) is 28.7. The summed E-state index contributed by atoms with van der Waals surface area (Å²) in [6, 6.07) is 17.7. The molecule has 1 aromatic heterocycles. The number of thiazole rings is 1. The van der Waals surface area contributed by atoms with Gasteiger partial charge in [0.05, 0.1) is 42.0 Å². The minimum absolute atomic E-state index is 0.000721. The van der Waals surface area contributed by atoms with Crippen LogP contribution < -0.4 is 16.1 Å². The molecule has 2 aliphatic rings. The monoisotopic (exact) mass is 694 g/mol. The van der Waals surface area contributed by atoms with E-state index in [4.69, 9.17) is 19.0 Å². The summed E-state index contributed by atoms with van der Waals surface area (Å²) in [5, 5.41) is 20.8. The molecule has 0 aliphatic carbocycles. The van der Waals surface area contributed by atoms with Gasteiger partial charge in [0.2, 0.25) is 5.91 Å². The number of fused-ring (bicyclic) bond motifs is 1. The molecule has 0 spiro atoms. The summed E-state index contributed by atoms with van der Waals surface area (Å²) in [4.78, 5) is 37.4. The molecule has 11 nitrogen and oxygen atoms in total. The lowest BCUT2D eigenvalue weighted by atomic mass is 9.93. The van der Waals surface area contributed by atoms with Crippen LogP contribution in [-0.4, -0.2) is 71.9 Å². The fourth-order valence-electron chi connectivity index (χ4n) is 6.21. The maximum Gasteiger partial charge on any atom is 0.407 e. The lowest BCUT2D eigenvalue weighted by molar-refractivity contribution is -0.130. The van der Waals surface area contributed by atoms with Crippen LogP contribution in [0.1, 0.15) is 68.3 Å². The van der Waals surface area contributed by atoms with Crippen molar-refractivity contribution in [1.82, 2.24) is 21.1 Å². The number of hydrogen-bond donors (Lipinski definition) is 4. The number of rotatable bonds is 17. The molecule has 12 heteroatoms. The van der Waals surface area contributed by atoms with Crippen LogP contribution in [0.4, 0.5) is 4.79 Å². The molecule has 2 aliphatic heterocycles. The Hall–Kier alpha value is -3.39. The Labute approximate surface area is 293 Å². The summed E-state index contributed by atoms with van der Waals surface area (Å²) in [5.74, 6) is 0.00307. The summed E-state index contributed by atoms with van der Waals surface area (Å²) in [7, 11) is 0. The number of nitrogens with zero attached hydrogens (tertiary/aromatic N) is 1. The van der Waals surface area contributed by atoms with Crippen molar-refractivity contribution < 1.29 is 33.7 Å². The van der Waals surface area contributed by atoms with E-state index >= 15 is 0 Å². The third-order valence-corrected chi connectivity index (χ3v) is 10.1. The molecule has 2 aromatic carbocycles. The molecule has 266 valence electrons.